The first-order chi connectivity index (χ1) is 17.5. The van der Waals surface area contributed by atoms with E-state index in [9.17, 15) is 19.2 Å². The summed E-state index contributed by atoms with van der Waals surface area (Å²) in [5.41, 5.74) is 4.67. The molecule has 0 spiro atoms. The summed E-state index contributed by atoms with van der Waals surface area (Å²) < 4.78 is 0. The van der Waals surface area contributed by atoms with Crippen molar-refractivity contribution in [2.24, 2.45) is 0 Å². The van der Waals surface area contributed by atoms with Gasteiger partial charge in [0, 0.05) is 0 Å². The average Bonchev–Trinajstić information content (AvgIpc) is 3.32. The first-order valence-electron chi connectivity index (χ1n) is 11.7. The van der Waals surface area contributed by atoms with Gasteiger partial charge >= 0.3 is 0 Å². The van der Waals surface area contributed by atoms with Crippen molar-refractivity contribution in [3.63, 3.8) is 0 Å². The van der Waals surface area contributed by atoms with E-state index in [2.05, 4.69) is 0 Å². The smallest absolute Gasteiger partial charge is 0.266 e. The first-order valence-corrected chi connectivity index (χ1v) is 11.7. The van der Waals surface area contributed by atoms with E-state index in [1.807, 2.05) is 36.4 Å². The molecule has 0 aromatic heterocycles. The van der Waals surface area contributed by atoms with Gasteiger partial charge in [0.1, 0.15) is 0 Å². The molecule has 2 heterocycles. The summed E-state index contributed by atoms with van der Waals surface area (Å²) >= 11 is 0. The molecule has 0 atom stereocenters. The van der Waals surface area contributed by atoms with Crippen LogP contribution in [0.1, 0.15) is 52.6 Å². The summed E-state index contributed by atoms with van der Waals surface area (Å²) in [7, 11) is 0. The molecule has 6 nitrogen and oxygen atoms in total. The number of carbonyl (C=O) groups excluding carboxylic acids is 4. The van der Waals surface area contributed by atoms with Crippen molar-refractivity contribution in [2.75, 3.05) is 9.80 Å². The SMILES string of the molecule is O=C1c2ccccc2C(=O)N1c1cccc(CCc2cccc(N3C(=O)c4ccccc4C3=O)c2)c1. The van der Waals surface area contributed by atoms with Gasteiger partial charge < -0.3 is 0 Å². The minimum atomic E-state index is -0.318. The number of rotatable bonds is 5. The summed E-state index contributed by atoms with van der Waals surface area (Å²) in [5, 5.41) is 0. The molecular weight excluding hydrogens is 452 g/mol. The largest absolute Gasteiger partial charge is 0.268 e. The summed E-state index contributed by atoms with van der Waals surface area (Å²) in [4.78, 5) is 53.8. The number of amides is 4. The van der Waals surface area contributed by atoms with Crippen molar-refractivity contribution in [3.8, 4) is 0 Å². The molecule has 6 heteroatoms. The van der Waals surface area contributed by atoms with Gasteiger partial charge in [0.25, 0.3) is 23.6 Å². The van der Waals surface area contributed by atoms with Gasteiger partial charge in [-0.05, 0) is 72.5 Å². The molecule has 36 heavy (non-hydrogen) atoms. The summed E-state index contributed by atoms with van der Waals surface area (Å²) in [5.74, 6) is -1.27. The van der Waals surface area contributed by atoms with Crippen LogP contribution in [-0.2, 0) is 12.8 Å². The Balaban J connectivity index is 1.20. The maximum Gasteiger partial charge on any atom is 0.266 e. The van der Waals surface area contributed by atoms with Gasteiger partial charge in [-0.2, -0.15) is 0 Å². The number of aryl methyl sites for hydroxylation is 2. The van der Waals surface area contributed by atoms with E-state index in [1.165, 1.54) is 9.80 Å². The van der Waals surface area contributed by atoms with E-state index >= 15 is 0 Å². The molecule has 4 amide bonds. The van der Waals surface area contributed by atoms with Crippen LogP contribution >= 0.6 is 0 Å². The van der Waals surface area contributed by atoms with Crippen molar-refractivity contribution in [1.29, 1.82) is 0 Å². The highest BCUT2D eigenvalue weighted by atomic mass is 16.2. The second-order valence-electron chi connectivity index (χ2n) is 8.82. The molecule has 4 aromatic carbocycles. The fourth-order valence-corrected chi connectivity index (χ4v) is 4.84. The number of fused-ring (bicyclic) bond motifs is 2. The minimum Gasteiger partial charge on any atom is -0.268 e. The summed E-state index contributed by atoms with van der Waals surface area (Å²) in [6.07, 6.45) is 1.31. The minimum absolute atomic E-state index is 0.318. The van der Waals surface area contributed by atoms with Crippen LogP contribution in [0.25, 0.3) is 0 Å². The zero-order valence-corrected chi connectivity index (χ0v) is 19.2. The van der Waals surface area contributed by atoms with Gasteiger partial charge in [-0.25, -0.2) is 9.80 Å². The molecule has 0 N–H and O–H groups in total. The van der Waals surface area contributed by atoms with Crippen LogP contribution in [0.5, 0.6) is 0 Å². The van der Waals surface area contributed by atoms with E-state index in [4.69, 9.17) is 0 Å². The molecule has 174 valence electrons. The number of hydrogen-bond donors (Lipinski definition) is 0. The molecule has 2 aliphatic rings. The Kier molecular flexibility index (Phi) is 5.08. The third kappa shape index (κ3) is 3.43. The Morgan fingerprint density at radius 2 is 0.750 bits per heavy atom. The Labute approximate surface area is 207 Å². The van der Waals surface area contributed by atoms with Crippen LogP contribution in [0, 0.1) is 0 Å². The standard InChI is InChI=1S/C30H20N2O4/c33-27-23-11-1-2-12-24(23)28(34)31(27)21-9-5-7-19(17-21)15-16-20-8-6-10-22(18-20)32-29(35)25-13-3-4-14-26(25)30(32)36/h1-14,17-18H,15-16H2. The number of nitrogens with zero attached hydrogens (tertiary/aromatic N) is 2. The van der Waals surface area contributed by atoms with Crippen LogP contribution in [0.4, 0.5) is 11.4 Å². The van der Waals surface area contributed by atoms with E-state index in [0.29, 0.717) is 46.5 Å². The Hall–Kier alpha value is -4.84. The van der Waals surface area contributed by atoms with Gasteiger partial charge in [-0.15, -0.1) is 0 Å². The van der Waals surface area contributed by atoms with E-state index in [1.54, 1.807) is 60.7 Å². The zero-order valence-electron chi connectivity index (χ0n) is 19.2. The molecule has 0 radical (unpaired) electrons. The van der Waals surface area contributed by atoms with Crippen molar-refractivity contribution in [2.45, 2.75) is 12.8 Å². The second kappa shape index (κ2) is 8.43. The number of anilines is 2. The summed E-state index contributed by atoms with van der Waals surface area (Å²) in [6.45, 7) is 0. The second-order valence-corrected chi connectivity index (χ2v) is 8.82. The molecule has 4 aromatic rings. The van der Waals surface area contributed by atoms with E-state index in [-0.39, 0.29) is 23.6 Å². The van der Waals surface area contributed by atoms with Crippen LogP contribution < -0.4 is 9.80 Å². The van der Waals surface area contributed by atoms with Gasteiger partial charge in [0.15, 0.2) is 0 Å². The van der Waals surface area contributed by atoms with Crippen molar-refractivity contribution < 1.29 is 19.2 Å². The predicted octanol–water partition coefficient (Wildman–Crippen LogP) is 5.07. The number of carbonyl (C=O) groups is 4. The first kappa shape index (κ1) is 21.7. The lowest BCUT2D eigenvalue weighted by molar-refractivity contribution is 0.0910. The lowest BCUT2D eigenvalue weighted by Crippen LogP contribution is -2.29. The third-order valence-electron chi connectivity index (χ3n) is 6.63. The fourth-order valence-electron chi connectivity index (χ4n) is 4.84. The molecule has 0 unspecified atom stereocenters. The highest BCUT2D eigenvalue weighted by molar-refractivity contribution is 6.35. The predicted molar refractivity (Wildman–Crippen MR) is 135 cm³/mol. The van der Waals surface area contributed by atoms with Gasteiger partial charge in [-0.3, -0.25) is 19.2 Å². The molecule has 0 bridgehead atoms. The molecule has 2 aliphatic heterocycles. The Morgan fingerprint density at radius 1 is 0.417 bits per heavy atom. The highest BCUT2D eigenvalue weighted by Crippen LogP contribution is 2.30. The Morgan fingerprint density at radius 3 is 1.08 bits per heavy atom. The van der Waals surface area contributed by atoms with Crippen molar-refractivity contribution in [3.05, 3.63) is 130 Å². The van der Waals surface area contributed by atoms with Crippen LogP contribution in [0.2, 0.25) is 0 Å². The van der Waals surface area contributed by atoms with Crippen LogP contribution in [0.15, 0.2) is 97.1 Å². The number of benzene rings is 4. The quantitative estimate of drug-likeness (QED) is 0.380. The lowest BCUT2D eigenvalue weighted by atomic mass is 10.0. The fraction of sp³-hybridized carbons (Fsp3) is 0.0667. The van der Waals surface area contributed by atoms with Gasteiger partial charge in [0.2, 0.25) is 0 Å². The van der Waals surface area contributed by atoms with Crippen molar-refractivity contribution >= 4 is 35.0 Å². The average molecular weight is 473 g/mol. The van der Waals surface area contributed by atoms with E-state index < -0.39 is 0 Å². The third-order valence-corrected chi connectivity index (χ3v) is 6.63. The zero-order chi connectivity index (χ0) is 24.8. The van der Waals surface area contributed by atoms with Crippen LogP contribution in [-0.4, -0.2) is 23.6 Å². The normalized spacial score (nSPS) is 14.4. The molecule has 0 fully saturated rings. The molecule has 0 aliphatic carbocycles. The maximum absolute atomic E-state index is 12.8. The maximum atomic E-state index is 12.8. The topological polar surface area (TPSA) is 74.8 Å². The number of imide groups is 2. The molecule has 6 rings (SSSR count). The van der Waals surface area contributed by atoms with Crippen LogP contribution in [0.3, 0.4) is 0 Å². The lowest BCUT2D eigenvalue weighted by Gasteiger charge is -2.16. The molecule has 0 saturated carbocycles. The van der Waals surface area contributed by atoms with Crippen molar-refractivity contribution in [1.82, 2.24) is 0 Å². The molecular formula is C30H20N2O4. The molecule has 0 saturated heterocycles. The monoisotopic (exact) mass is 472 g/mol. The van der Waals surface area contributed by atoms with Gasteiger partial charge in [-0.1, -0.05) is 48.5 Å². The summed E-state index contributed by atoms with van der Waals surface area (Å²) in [6, 6.07) is 28.5. The Bertz CT molecular complexity index is 1400. The number of hydrogen-bond acceptors (Lipinski definition) is 4. The van der Waals surface area contributed by atoms with Gasteiger partial charge in [0.05, 0.1) is 33.6 Å². The van der Waals surface area contributed by atoms with E-state index in [0.717, 1.165) is 11.1 Å². The highest BCUT2D eigenvalue weighted by Gasteiger charge is 2.37.